The number of likely N-dealkylation sites (tertiary alicyclic amines) is 2. The molecule has 1 atom stereocenters. The van der Waals surface area contributed by atoms with Crippen molar-refractivity contribution in [3.63, 3.8) is 0 Å². The first-order valence-corrected chi connectivity index (χ1v) is 11.3. The zero-order chi connectivity index (χ0) is 20.8. The van der Waals surface area contributed by atoms with Crippen molar-refractivity contribution in [1.82, 2.24) is 14.8 Å². The third-order valence-electron chi connectivity index (χ3n) is 6.62. The maximum Gasteiger partial charge on any atom is 0.272 e. The van der Waals surface area contributed by atoms with Gasteiger partial charge in [-0.3, -0.25) is 14.6 Å². The zero-order valence-electron chi connectivity index (χ0n) is 17.6. The van der Waals surface area contributed by atoms with Gasteiger partial charge in [-0.1, -0.05) is 42.8 Å². The first-order chi connectivity index (χ1) is 14.7. The van der Waals surface area contributed by atoms with Crippen molar-refractivity contribution in [2.75, 3.05) is 26.2 Å². The summed E-state index contributed by atoms with van der Waals surface area (Å²) in [6, 6.07) is 15.9. The lowest BCUT2D eigenvalue weighted by atomic mass is 9.81. The Morgan fingerprint density at radius 1 is 0.933 bits per heavy atom. The predicted octanol–water partition coefficient (Wildman–Crippen LogP) is 3.81. The number of rotatable bonds is 5. The quantitative estimate of drug-likeness (QED) is 0.760. The highest BCUT2D eigenvalue weighted by Gasteiger charge is 2.36. The van der Waals surface area contributed by atoms with Crippen LogP contribution in [-0.2, 0) is 11.2 Å². The molecule has 1 aromatic heterocycles. The second-order valence-electron chi connectivity index (χ2n) is 8.51. The van der Waals surface area contributed by atoms with Crippen molar-refractivity contribution in [3.8, 4) is 0 Å². The van der Waals surface area contributed by atoms with Crippen LogP contribution >= 0.6 is 0 Å². The zero-order valence-corrected chi connectivity index (χ0v) is 17.6. The predicted molar refractivity (Wildman–Crippen MR) is 117 cm³/mol. The molecule has 1 aromatic carbocycles. The molecule has 0 spiro atoms. The van der Waals surface area contributed by atoms with Crippen LogP contribution in [0.2, 0.25) is 0 Å². The number of carbonyl (C=O) groups excluding carboxylic acids is 2. The van der Waals surface area contributed by atoms with E-state index in [0.29, 0.717) is 30.6 Å². The largest absolute Gasteiger partial charge is 0.342 e. The third kappa shape index (κ3) is 4.89. The van der Waals surface area contributed by atoms with E-state index in [1.807, 2.05) is 23.1 Å². The molecule has 2 aliphatic heterocycles. The van der Waals surface area contributed by atoms with Crippen molar-refractivity contribution >= 4 is 11.8 Å². The molecular formula is C25H31N3O2. The highest BCUT2D eigenvalue weighted by molar-refractivity contribution is 5.92. The average molecular weight is 406 g/mol. The van der Waals surface area contributed by atoms with Crippen LogP contribution in [0.1, 0.15) is 48.2 Å². The molecule has 3 heterocycles. The topological polar surface area (TPSA) is 53.5 Å². The number of pyridine rings is 1. The molecule has 2 aliphatic rings. The molecule has 4 rings (SSSR count). The Bertz CT molecular complexity index is 832. The minimum Gasteiger partial charge on any atom is -0.342 e. The lowest BCUT2D eigenvalue weighted by molar-refractivity contribution is -0.137. The Balaban J connectivity index is 1.34. The van der Waals surface area contributed by atoms with E-state index in [2.05, 4.69) is 34.1 Å². The van der Waals surface area contributed by atoms with Gasteiger partial charge >= 0.3 is 0 Å². The van der Waals surface area contributed by atoms with Gasteiger partial charge in [0.15, 0.2) is 0 Å². The number of hydrogen-bond acceptors (Lipinski definition) is 3. The molecule has 30 heavy (non-hydrogen) atoms. The van der Waals surface area contributed by atoms with E-state index in [0.717, 1.165) is 51.6 Å². The van der Waals surface area contributed by atoms with Gasteiger partial charge in [-0.25, -0.2) is 0 Å². The van der Waals surface area contributed by atoms with Crippen LogP contribution in [-0.4, -0.2) is 52.8 Å². The summed E-state index contributed by atoms with van der Waals surface area (Å²) in [7, 11) is 0. The number of aromatic nitrogens is 1. The van der Waals surface area contributed by atoms with Crippen molar-refractivity contribution in [1.29, 1.82) is 0 Å². The maximum absolute atomic E-state index is 13.3. The SMILES string of the molecule is O=C(c1ccccn1)N1CCC(C2CCCCN(CCc3ccccc3)C2=O)CC1. The third-order valence-corrected chi connectivity index (χ3v) is 6.62. The smallest absolute Gasteiger partial charge is 0.272 e. The van der Waals surface area contributed by atoms with Crippen LogP contribution in [0.3, 0.4) is 0 Å². The van der Waals surface area contributed by atoms with E-state index in [-0.39, 0.29) is 11.8 Å². The first-order valence-electron chi connectivity index (χ1n) is 11.3. The normalized spacial score (nSPS) is 20.8. The van der Waals surface area contributed by atoms with E-state index >= 15 is 0 Å². The summed E-state index contributed by atoms with van der Waals surface area (Å²) >= 11 is 0. The molecule has 2 fully saturated rings. The van der Waals surface area contributed by atoms with Gasteiger partial charge in [-0.2, -0.15) is 0 Å². The van der Waals surface area contributed by atoms with Gasteiger partial charge in [-0.05, 0) is 55.7 Å². The van der Waals surface area contributed by atoms with Crippen LogP contribution in [0.15, 0.2) is 54.7 Å². The number of nitrogens with zero attached hydrogens (tertiary/aromatic N) is 3. The fourth-order valence-corrected chi connectivity index (χ4v) is 4.86. The van der Waals surface area contributed by atoms with Crippen molar-refractivity contribution in [3.05, 3.63) is 66.0 Å². The van der Waals surface area contributed by atoms with E-state index in [1.54, 1.807) is 12.3 Å². The van der Waals surface area contributed by atoms with Gasteiger partial charge in [0.25, 0.3) is 5.91 Å². The highest BCUT2D eigenvalue weighted by Crippen LogP contribution is 2.32. The number of carbonyl (C=O) groups is 2. The van der Waals surface area contributed by atoms with Crippen molar-refractivity contribution in [2.24, 2.45) is 11.8 Å². The minimum atomic E-state index is 0.00531. The maximum atomic E-state index is 13.3. The lowest BCUT2D eigenvalue weighted by Gasteiger charge is -2.36. The van der Waals surface area contributed by atoms with E-state index in [9.17, 15) is 9.59 Å². The van der Waals surface area contributed by atoms with Crippen LogP contribution in [0.25, 0.3) is 0 Å². The highest BCUT2D eigenvalue weighted by atomic mass is 16.2. The van der Waals surface area contributed by atoms with E-state index in [4.69, 9.17) is 0 Å². The Morgan fingerprint density at radius 3 is 2.43 bits per heavy atom. The van der Waals surface area contributed by atoms with Gasteiger partial charge in [0.2, 0.25) is 5.91 Å². The molecule has 5 heteroatoms. The van der Waals surface area contributed by atoms with Crippen LogP contribution < -0.4 is 0 Å². The van der Waals surface area contributed by atoms with Crippen LogP contribution in [0.5, 0.6) is 0 Å². The number of piperidine rings is 1. The Morgan fingerprint density at radius 2 is 1.70 bits per heavy atom. The minimum absolute atomic E-state index is 0.00531. The van der Waals surface area contributed by atoms with E-state index < -0.39 is 0 Å². The molecular weight excluding hydrogens is 374 g/mol. The summed E-state index contributed by atoms with van der Waals surface area (Å²) in [6.07, 6.45) is 7.58. The molecule has 2 saturated heterocycles. The Kier molecular flexibility index (Phi) is 6.77. The van der Waals surface area contributed by atoms with Gasteiger partial charge < -0.3 is 9.80 Å². The summed E-state index contributed by atoms with van der Waals surface area (Å²) < 4.78 is 0. The molecule has 158 valence electrons. The van der Waals surface area contributed by atoms with Crippen LogP contribution in [0.4, 0.5) is 0 Å². The Labute approximate surface area is 179 Å². The molecule has 5 nitrogen and oxygen atoms in total. The van der Waals surface area contributed by atoms with Crippen molar-refractivity contribution < 1.29 is 9.59 Å². The molecule has 2 amide bonds. The molecule has 0 bridgehead atoms. The molecule has 0 radical (unpaired) electrons. The lowest BCUT2D eigenvalue weighted by Crippen LogP contribution is -2.44. The Hall–Kier alpha value is -2.69. The second kappa shape index (κ2) is 9.88. The summed E-state index contributed by atoms with van der Waals surface area (Å²) in [5, 5.41) is 0. The summed E-state index contributed by atoms with van der Waals surface area (Å²) in [6.45, 7) is 3.11. The van der Waals surface area contributed by atoms with Gasteiger partial charge in [0, 0.05) is 38.3 Å². The molecule has 0 N–H and O–H groups in total. The summed E-state index contributed by atoms with van der Waals surface area (Å²) in [5.74, 6) is 0.821. The fraction of sp³-hybridized carbons (Fsp3) is 0.480. The summed E-state index contributed by atoms with van der Waals surface area (Å²) in [5.41, 5.74) is 1.79. The van der Waals surface area contributed by atoms with Gasteiger partial charge in [0.05, 0.1) is 0 Å². The molecule has 2 aromatic rings. The average Bonchev–Trinajstić information content (AvgIpc) is 3.00. The number of hydrogen-bond donors (Lipinski definition) is 0. The monoisotopic (exact) mass is 405 g/mol. The summed E-state index contributed by atoms with van der Waals surface area (Å²) in [4.78, 5) is 34.2. The van der Waals surface area contributed by atoms with Gasteiger partial charge in [0.1, 0.15) is 5.69 Å². The second-order valence-corrected chi connectivity index (χ2v) is 8.51. The first kappa shape index (κ1) is 20.6. The van der Waals surface area contributed by atoms with Gasteiger partial charge in [-0.15, -0.1) is 0 Å². The fourth-order valence-electron chi connectivity index (χ4n) is 4.86. The standard InChI is InChI=1S/C25H31N3O2/c29-24-22(10-5-7-16-27(24)17-12-20-8-2-1-3-9-20)21-13-18-28(19-14-21)25(30)23-11-4-6-15-26-23/h1-4,6,8-9,11,15,21-22H,5,7,10,12-14,16-19H2. The molecule has 0 saturated carbocycles. The van der Waals surface area contributed by atoms with Crippen molar-refractivity contribution in [2.45, 2.75) is 38.5 Å². The number of amides is 2. The van der Waals surface area contributed by atoms with Crippen LogP contribution in [0, 0.1) is 11.8 Å². The number of benzene rings is 1. The van der Waals surface area contributed by atoms with E-state index in [1.165, 1.54) is 5.56 Å². The molecule has 1 unspecified atom stereocenters. The molecule has 0 aliphatic carbocycles.